The summed E-state index contributed by atoms with van der Waals surface area (Å²) in [6, 6.07) is 10.6. The largest absolute Gasteiger partial charge is 0.299 e. The van der Waals surface area contributed by atoms with Gasteiger partial charge >= 0.3 is 0 Å². The SMILES string of the molecule is CCCC/C(=C/C=O)[Si](C)(C)c1ccccc1. The summed E-state index contributed by atoms with van der Waals surface area (Å²) >= 11 is 0. The molecule has 1 rings (SSSR count). The van der Waals surface area contributed by atoms with Crippen LogP contribution in [0.5, 0.6) is 0 Å². The van der Waals surface area contributed by atoms with Gasteiger partial charge in [-0.1, -0.05) is 73.6 Å². The number of allylic oxidation sites excluding steroid dienone is 2. The van der Waals surface area contributed by atoms with E-state index in [1.54, 1.807) is 6.08 Å². The van der Waals surface area contributed by atoms with E-state index < -0.39 is 8.07 Å². The molecule has 0 unspecified atom stereocenters. The summed E-state index contributed by atoms with van der Waals surface area (Å²) in [5.74, 6) is 0. The summed E-state index contributed by atoms with van der Waals surface area (Å²) in [6.07, 6.45) is 6.15. The Kier molecular flexibility index (Phi) is 5.36. The van der Waals surface area contributed by atoms with Gasteiger partial charge in [0.15, 0.2) is 0 Å². The van der Waals surface area contributed by atoms with Gasteiger partial charge in [0.05, 0.1) is 0 Å². The summed E-state index contributed by atoms with van der Waals surface area (Å²) in [5.41, 5.74) is 0. The zero-order valence-electron chi connectivity index (χ0n) is 11.1. The highest BCUT2D eigenvalue weighted by molar-refractivity contribution is 6.95. The van der Waals surface area contributed by atoms with E-state index in [0.717, 1.165) is 12.7 Å². The van der Waals surface area contributed by atoms with E-state index in [2.05, 4.69) is 44.3 Å². The number of hydrogen-bond acceptors (Lipinski definition) is 1. The molecular weight excluding hydrogens is 224 g/mol. The Morgan fingerprint density at radius 3 is 2.41 bits per heavy atom. The molecule has 0 bridgehead atoms. The topological polar surface area (TPSA) is 17.1 Å². The molecule has 1 nitrogen and oxygen atoms in total. The van der Waals surface area contributed by atoms with E-state index in [1.165, 1.54) is 23.2 Å². The molecule has 1 aromatic rings. The number of benzene rings is 1. The highest BCUT2D eigenvalue weighted by atomic mass is 28.3. The van der Waals surface area contributed by atoms with Gasteiger partial charge in [-0.05, 0) is 12.5 Å². The van der Waals surface area contributed by atoms with Crippen LogP contribution in [0.25, 0.3) is 0 Å². The number of carbonyl (C=O) groups is 1. The summed E-state index contributed by atoms with van der Waals surface area (Å²) in [7, 11) is -1.64. The molecule has 0 N–H and O–H groups in total. The Hall–Kier alpha value is -1.15. The van der Waals surface area contributed by atoms with Gasteiger partial charge in [0.25, 0.3) is 0 Å². The highest BCUT2D eigenvalue weighted by Gasteiger charge is 2.27. The van der Waals surface area contributed by atoms with E-state index in [4.69, 9.17) is 0 Å². The van der Waals surface area contributed by atoms with Gasteiger partial charge in [-0.2, -0.15) is 0 Å². The summed E-state index contributed by atoms with van der Waals surface area (Å²) < 4.78 is 0. The van der Waals surface area contributed by atoms with Crippen molar-refractivity contribution in [3.63, 3.8) is 0 Å². The number of aldehydes is 1. The van der Waals surface area contributed by atoms with Crippen molar-refractivity contribution in [3.05, 3.63) is 41.6 Å². The molecule has 92 valence electrons. The van der Waals surface area contributed by atoms with Crippen LogP contribution in [0.1, 0.15) is 26.2 Å². The van der Waals surface area contributed by atoms with Crippen molar-refractivity contribution in [2.75, 3.05) is 0 Å². The lowest BCUT2D eigenvalue weighted by Crippen LogP contribution is -2.43. The van der Waals surface area contributed by atoms with Gasteiger partial charge in [0.2, 0.25) is 0 Å². The van der Waals surface area contributed by atoms with Crippen molar-refractivity contribution in [2.45, 2.75) is 39.3 Å². The fourth-order valence-electron chi connectivity index (χ4n) is 2.09. The molecule has 17 heavy (non-hydrogen) atoms. The lowest BCUT2D eigenvalue weighted by Gasteiger charge is -2.26. The van der Waals surface area contributed by atoms with E-state index in [-0.39, 0.29) is 0 Å². The summed E-state index contributed by atoms with van der Waals surface area (Å²) in [5, 5.41) is 2.77. The summed E-state index contributed by atoms with van der Waals surface area (Å²) in [6.45, 7) is 6.84. The smallest absolute Gasteiger partial charge is 0.142 e. The van der Waals surface area contributed by atoms with Crippen LogP contribution >= 0.6 is 0 Å². The molecule has 0 aliphatic carbocycles. The van der Waals surface area contributed by atoms with Crippen LogP contribution in [0.3, 0.4) is 0 Å². The Morgan fingerprint density at radius 2 is 1.88 bits per heavy atom. The Bertz CT molecular complexity index is 379. The molecule has 0 saturated heterocycles. The third-order valence-corrected chi connectivity index (χ3v) is 7.17. The predicted octanol–water partition coefficient (Wildman–Crippen LogP) is 3.46. The molecule has 0 spiro atoms. The van der Waals surface area contributed by atoms with Crippen LogP contribution in [-0.2, 0) is 4.79 Å². The van der Waals surface area contributed by atoms with Crippen molar-refractivity contribution >= 4 is 19.5 Å². The van der Waals surface area contributed by atoms with Gasteiger partial charge in [0, 0.05) is 0 Å². The Morgan fingerprint density at radius 1 is 1.24 bits per heavy atom. The van der Waals surface area contributed by atoms with Gasteiger partial charge in [-0.15, -0.1) is 0 Å². The van der Waals surface area contributed by atoms with Gasteiger partial charge in [-0.25, -0.2) is 0 Å². The van der Waals surface area contributed by atoms with Crippen LogP contribution in [0.2, 0.25) is 13.1 Å². The van der Waals surface area contributed by atoms with Gasteiger partial charge in [-0.3, -0.25) is 4.79 Å². The number of unbranched alkanes of at least 4 members (excludes halogenated alkanes) is 1. The first-order valence-corrected chi connectivity index (χ1v) is 9.33. The van der Waals surface area contributed by atoms with Crippen LogP contribution in [0, 0.1) is 0 Å². The number of rotatable bonds is 6. The Balaban J connectivity index is 3.00. The molecule has 1 aromatic carbocycles. The van der Waals surface area contributed by atoms with Crippen LogP contribution in [0.15, 0.2) is 41.6 Å². The molecule has 0 atom stereocenters. The van der Waals surface area contributed by atoms with Crippen LogP contribution in [0.4, 0.5) is 0 Å². The number of hydrogen-bond donors (Lipinski definition) is 0. The van der Waals surface area contributed by atoms with Gasteiger partial charge in [0.1, 0.15) is 14.4 Å². The molecule has 0 amide bonds. The third-order valence-electron chi connectivity index (χ3n) is 3.37. The first kappa shape index (κ1) is 13.9. The second-order valence-electron chi connectivity index (χ2n) is 4.92. The van der Waals surface area contributed by atoms with Crippen molar-refractivity contribution in [2.24, 2.45) is 0 Å². The quantitative estimate of drug-likeness (QED) is 0.427. The average molecular weight is 246 g/mol. The van der Waals surface area contributed by atoms with Crippen LogP contribution in [-0.4, -0.2) is 14.4 Å². The van der Waals surface area contributed by atoms with Gasteiger partial charge < -0.3 is 0 Å². The highest BCUT2D eigenvalue weighted by Crippen LogP contribution is 2.20. The van der Waals surface area contributed by atoms with Crippen LogP contribution < -0.4 is 5.19 Å². The fourth-order valence-corrected chi connectivity index (χ4v) is 4.78. The second kappa shape index (κ2) is 6.55. The molecule has 0 saturated carbocycles. The van der Waals surface area contributed by atoms with Crippen molar-refractivity contribution < 1.29 is 4.79 Å². The van der Waals surface area contributed by atoms with Crippen molar-refractivity contribution in [3.8, 4) is 0 Å². The van der Waals surface area contributed by atoms with E-state index >= 15 is 0 Å². The molecule has 0 aliphatic rings. The minimum atomic E-state index is -1.64. The molecule has 0 aliphatic heterocycles. The third kappa shape index (κ3) is 3.67. The fraction of sp³-hybridized carbons (Fsp3) is 0.400. The minimum absolute atomic E-state index is 0.947. The minimum Gasteiger partial charge on any atom is -0.299 e. The molecular formula is C15H22OSi. The second-order valence-corrected chi connectivity index (χ2v) is 9.39. The first-order valence-electron chi connectivity index (χ1n) is 6.33. The maximum absolute atomic E-state index is 10.8. The van der Waals surface area contributed by atoms with Crippen molar-refractivity contribution in [1.29, 1.82) is 0 Å². The first-order chi connectivity index (χ1) is 8.12. The normalized spacial score (nSPS) is 12.5. The zero-order valence-corrected chi connectivity index (χ0v) is 12.1. The average Bonchev–Trinajstić information content (AvgIpc) is 2.35. The predicted molar refractivity (Wildman–Crippen MR) is 77.2 cm³/mol. The Labute approximate surface area is 106 Å². The van der Waals surface area contributed by atoms with Crippen molar-refractivity contribution in [1.82, 2.24) is 0 Å². The lowest BCUT2D eigenvalue weighted by molar-refractivity contribution is -0.104. The molecule has 2 heteroatoms. The van der Waals surface area contributed by atoms with E-state index in [9.17, 15) is 4.79 Å². The van der Waals surface area contributed by atoms with E-state index in [1.807, 2.05) is 6.07 Å². The number of carbonyl (C=O) groups excluding carboxylic acids is 1. The monoisotopic (exact) mass is 246 g/mol. The van der Waals surface area contributed by atoms with E-state index in [0.29, 0.717) is 0 Å². The molecule has 0 heterocycles. The lowest BCUT2D eigenvalue weighted by atomic mass is 10.2. The maximum atomic E-state index is 10.8. The standard InChI is InChI=1S/C15H22OSi/c1-4-5-9-15(12-13-16)17(2,3)14-10-7-6-8-11-14/h6-8,10-13H,4-5,9H2,1-3H3/b15-12-. The molecule has 0 fully saturated rings. The maximum Gasteiger partial charge on any atom is 0.142 e. The molecule has 0 radical (unpaired) electrons. The zero-order chi connectivity index (χ0) is 12.7. The molecule has 0 aromatic heterocycles. The summed E-state index contributed by atoms with van der Waals surface area (Å²) in [4.78, 5) is 10.8.